The van der Waals surface area contributed by atoms with E-state index in [4.69, 9.17) is 0 Å². The minimum atomic E-state index is 0.0970. The van der Waals surface area contributed by atoms with Gasteiger partial charge in [-0.25, -0.2) is 0 Å². The first-order valence-corrected chi connectivity index (χ1v) is 17.3. The highest BCUT2D eigenvalue weighted by atomic mass is 14.3. The number of benzene rings is 8. The molecule has 0 bridgehead atoms. The van der Waals surface area contributed by atoms with Crippen LogP contribution >= 0.6 is 0 Å². The molecule has 0 saturated carbocycles. The highest BCUT2D eigenvalue weighted by molar-refractivity contribution is 6.28. The van der Waals surface area contributed by atoms with Crippen molar-refractivity contribution in [2.75, 3.05) is 0 Å². The summed E-state index contributed by atoms with van der Waals surface area (Å²) < 4.78 is 0. The van der Waals surface area contributed by atoms with Crippen molar-refractivity contribution in [3.8, 4) is 44.5 Å². The predicted octanol–water partition coefficient (Wildman–Crippen LogP) is 13.9. The lowest BCUT2D eigenvalue weighted by atomic mass is 9.81. The summed E-state index contributed by atoms with van der Waals surface area (Å²) in [4.78, 5) is 0. The van der Waals surface area contributed by atoms with Crippen LogP contribution in [0.4, 0.5) is 0 Å². The third-order valence-electron chi connectivity index (χ3n) is 10.7. The number of rotatable bonds is 2. The quantitative estimate of drug-likeness (QED) is 0.134. The predicted molar refractivity (Wildman–Crippen MR) is 209 cm³/mol. The average Bonchev–Trinajstić information content (AvgIpc) is 3.39. The molecule has 1 aliphatic carbocycles. The second-order valence-corrected chi connectivity index (χ2v) is 15.8. The molecular weight excluding hydrogens is 577 g/mol. The van der Waals surface area contributed by atoms with Crippen LogP contribution in [0.1, 0.15) is 52.7 Å². The van der Waals surface area contributed by atoms with Crippen LogP contribution in [0.2, 0.25) is 0 Å². The van der Waals surface area contributed by atoms with Gasteiger partial charge in [0.15, 0.2) is 0 Å². The van der Waals surface area contributed by atoms with Gasteiger partial charge in [0.05, 0.1) is 0 Å². The van der Waals surface area contributed by atoms with Gasteiger partial charge in [0.2, 0.25) is 0 Å². The molecule has 0 saturated heterocycles. The van der Waals surface area contributed by atoms with E-state index in [0.29, 0.717) is 0 Å². The minimum absolute atomic E-state index is 0.0970. The van der Waals surface area contributed by atoms with Crippen LogP contribution in [-0.4, -0.2) is 0 Å². The van der Waals surface area contributed by atoms with Gasteiger partial charge in [-0.2, -0.15) is 0 Å². The summed E-state index contributed by atoms with van der Waals surface area (Å²) in [6, 6.07) is 50.9. The summed E-state index contributed by atoms with van der Waals surface area (Å²) in [5.74, 6) is 0. The third-order valence-corrected chi connectivity index (χ3v) is 10.7. The van der Waals surface area contributed by atoms with Crippen molar-refractivity contribution in [3.63, 3.8) is 0 Å². The average molecular weight is 617 g/mol. The number of fused-ring (bicyclic) bond motifs is 7. The molecular formula is C48H40. The SMILES string of the molecule is CC(C)(C)c1ccc(-c2c3ccccc3c(-c3ccc(C(C)(C)C)cc3)c3cc4c(cc23)-c2cccc3c2c-4cc2ccccc23)cc1. The topological polar surface area (TPSA) is 0 Å². The zero-order valence-electron chi connectivity index (χ0n) is 28.7. The monoisotopic (exact) mass is 616 g/mol. The summed E-state index contributed by atoms with van der Waals surface area (Å²) >= 11 is 0. The van der Waals surface area contributed by atoms with Crippen LogP contribution in [0.5, 0.6) is 0 Å². The van der Waals surface area contributed by atoms with Crippen molar-refractivity contribution in [2.45, 2.75) is 52.4 Å². The Labute approximate surface area is 283 Å². The van der Waals surface area contributed by atoms with Crippen molar-refractivity contribution in [3.05, 3.63) is 145 Å². The fourth-order valence-corrected chi connectivity index (χ4v) is 8.16. The second kappa shape index (κ2) is 10.1. The summed E-state index contributed by atoms with van der Waals surface area (Å²) in [5.41, 5.74) is 13.4. The van der Waals surface area contributed by atoms with Gasteiger partial charge in [-0.15, -0.1) is 0 Å². The van der Waals surface area contributed by atoms with Crippen molar-refractivity contribution in [2.24, 2.45) is 0 Å². The van der Waals surface area contributed by atoms with E-state index in [1.165, 1.54) is 98.7 Å². The Balaban J connectivity index is 1.42. The Hall–Kier alpha value is -5.20. The lowest BCUT2D eigenvalue weighted by Crippen LogP contribution is -2.10. The maximum absolute atomic E-state index is 2.51. The van der Waals surface area contributed by atoms with E-state index in [0.717, 1.165) is 0 Å². The molecule has 0 aromatic heterocycles. The van der Waals surface area contributed by atoms with Gasteiger partial charge in [-0.05, 0) is 128 Å². The molecule has 8 aromatic rings. The van der Waals surface area contributed by atoms with E-state index < -0.39 is 0 Å². The van der Waals surface area contributed by atoms with Crippen LogP contribution in [0.15, 0.2) is 133 Å². The molecule has 0 unspecified atom stereocenters. The molecule has 0 N–H and O–H groups in total. The van der Waals surface area contributed by atoms with Gasteiger partial charge in [0, 0.05) is 0 Å². The molecule has 0 fully saturated rings. The highest BCUT2D eigenvalue weighted by Crippen LogP contribution is 2.53. The number of hydrogen-bond donors (Lipinski definition) is 0. The maximum Gasteiger partial charge on any atom is -0.00199 e. The smallest absolute Gasteiger partial charge is 0.00199 e. The van der Waals surface area contributed by atoms with Crippen molar-refractivity contribution >= 4 is 43.1 Å². The van der Waals surface area contributed by atoms with Crippen LogP contribution < -0.4 is 0 Å². The molecule has 9 rings (SSSR count). The van der Waals surface area contributed by atoms with E-state index in [2.05, 4.69) is 175 Å². The standard InChI is InChI=1S/C48H40/c1-47(2,3)32-22-18-29(19-23-32)44-36-14-9-10-15-37(36)45(30-20-24-33(25-21-30)48(4,5)6)43-28-40-39(27-42(43)44)38-17-11-16-35-34-13-8-7-12-31(34)26-41(40)46(35)38/h7-28H,1-6H3. The van der Waals surface area contributed by atoms with E-state index >= 15 is 0 Å². The van der Waals surface area contributed by atoms with Crippen LogP contribution in [0.25, 0.3) is 87.6 Å². The molecule has 0 heterocycles. The lowest BCUT2D eigenvalue weighted by molar-refractivity contribution is 0.590. The summed E-state index contributed by atoms with van der Waals surface area (Å²) in [6.07, 6.45) is 0. The van der Waals surface area contributed by atoms with Gasteiger partial charge in [-0.1, -0.05) is 157 Å². The highest BCUT2D eigenvalue weighted by Gasteiger charge is 2.26. The lowest BCUT2D eigenvalue weighted by Gasteiger charge is -2.22. The Morgan fingerprint density at radius 1 is 0.333 bits per heavy atom. The normalized spacial score (nSPS) is 12.8. The zero-order valence-corrected chi connectivity index (χ0v) is 28.7. The third kappa shape index (κ3) is 4.29. The first-order valence-electron chi connectivity index (χ1n) is 17.3. The Kier molecular flexibility index (Phi) is 6.13. The fourth-order valence-electron chi connectivity index (χ4n) is 8.16. The van der Waals surface area contributed by atoms with E-state index in [9.17, 15) is 0 Å². The Morgan fingerprint density at radius 3 is 1.31 bits per heavy atom. The molecule has 0 spiro atoms. The van der Waals surface area contributed by atoms with Gasteiger partial charge in [-0.3, -0.25) is 0 Å². The Morgan fingerprint density at radius 2 is 0.792 bits per heavy atom. The molecule has 0 nitrogen and oxygen atoms in total. The summed E-state index contributed by atoms with van der Waals surface area (Å²) in [6.45, 7) is 13.7. The molecule has 232 valence electrons. The Bertz CT molecular complexity index is 2580. The van der Waals surface area contributed by atoms with Crippen LogP contribution in [-0.2, 0) is 10.8 Å². The largest absolute Gasteiger partial charge is 0.0616 e. The van der Waals surface area contributed by atoms with E-state index in [1.54, 1.807) is 0 Å². The molecule has 1 aliphatic rings. The van der Waals surface area contributed by atoms with Gasteiger partial charge >= 0.3 is 0 Å². The molecule has 0 heteroatoms. The van der Waals surface area contributed by atoms with E-state index in [-0.39, 0.29) is 10.8 Å². The summed E-state index contributed by atoms with van der Waals surface area (Å²) in [7, 11) is 0. The molecule has 0 atom stereocenters. The van der Waals surface area contributed by atoms with Crippen molar-refractivity contribution < 1.29 is 0 Å². The van der Waals surface area contributed by atoms with E-state index in [1.807, 2.05) is 0 Å². The van der Waals surface area contributed by atoms with Gasteiger partial charge in [0.1, 0.15) is 0 Å². The zero-order chi connectivity index (χ0) is 32.9. The molecule has 48 heavy (non-hydrogen) atoms. The molecule has 0 radical (unpaired) electrons. The minimum Gasteiger partial charge on any atom is -0.0616 e. The first kappa shape index (κ1) is 29.0. The van der Waals surface area contributed by atoms with Crippen molar-refractivity contribution in [1.29, 1.82) is 0 Å². The first-order chi connectivity index (χ1) is 23.1. The van der Waals surface area contributed by atoms with Gasteiger partial charge < -0.3 is 0 Å². The van der Waals surface area contributed by atoms with Gasteiger partial charge in [0.25, 0.3) is 0 Å². The second-order valence-electron chi connectivity index (χ2n) is 15.8. The molecule has 8 aromatic carbocycles. The summed E-state index contributed by atoms with van der Waals surface area (Å²) in [5, 5.41) is 10.5. The van der Waals surface area contributed by atoms with Crippen molar-refractivity contribution in [1.82, 2.24) is 0 Å². The fraction of sp³-hybridized carbons (Fsp3) is 0.167. The molecule has 0 aliphatic heterocycles. The van der Waals surface area contributed by atoms with Crippen LogP contribution in [0.3, 0.4) is 0 Å². The number of hydrogen-bond acceptors (Lipinski definition) is 0. The maximum atomic E-state index is 2.51. The van der Waals surface area contributed by atoms with Crippen LogP contribution in [0, 0.1) is 0 Å². The molecule has 0 amide bonds.